The van der Waals surface area contributed by atoms with Gasteiger partial charge < -0.3 is 21.3 Å². The topological polar surface area (TPSA) is 87.5 Å². The Labute approximate surface area is 131 Å². The van der Waals surface area contributed by atoms with Crippen LogP contribution in [-0.4, -0.2) is 36.5 Å². The molecule has 0 bridgehead atoms. The maximum atomic E-state index is 11.7. The number of carbonyl (C=O) groups is 2. The molecule has 4 N–H and O–H groups in total. The Morgan fingerprint density at radius 2 is 1.90 bits per heavy atom. The Kier molecular flexibility index (Phi) is 7.18. The van der Waals surface area contributed by atoms with E-state index in [-0.39, 0.29) is 24.3 Å². The van der Waals surface area contributed by atoms with Crippen molar-refractivity contribution in [2.24, 2.45) is 5.73 Å². The number of benzene rings is 1. The molecule has 3 amide bonds. The number of nitrogens with two attached hydrogens (primary N) is 1. The highest BCUT2D eigenvalue weighted by Gasteiger charge is 2.21. The zero-order chi connectivity index (χ0) is 15.3. The monoisotopic (exact) mass is 314 g/mol. The second-order valence-corrected chi connectivity index (χ2v) is 5.43. The Morgan fingerprint density at radius 3 is 2.43 bits per heavy atom. The first-order valence-corrected chi connectivity index (χ1v) is 6.34. The fraction of sp³-hybridized carbons (Fsp3) is 0.429. The molecule has 0 aliphatic heterocycles. The number of carbonyl (C=O) groups excluding carboxylic acids is 2. The lowest BCUT2D eigenvalue weighted by Gasteiger charge is -2.18. The number of amides is 3. The second-order valence-electron chi connectivity index (χ2n) is 5.43. The predicted octanol–water partition coefficient (Wildman–Crippen LogP) is 1.56. The van der Waals surface area contributed by atoms with Gasteiger partial charge in [0.05, 0.1) is 5.54 Å². The molecule has 0 radical (unpaired) electrons. The number of halogens is 1. The molecule has 118 valence electrons. The fourth-order valence-electron chi connectivity index (χ4n) is 1.40. The van der Waals surface area contributed by atoms with Crippen molar-refractivity contribution >= 4 is 30.0 Å². The van der Waals surface area contributed by atoms with Gasteiger partial charge in [-0.3, -0.25) is 4.79 Å². The van der Waals surface area contributed by atoms with Gasteiger partial charge in [0.1, 0.15) is 0 Å². The van der Waals surface area contributed by atoms with Crippen molar-refractivity contribution in [2.45, 2.75) is 25.9 Å². The van der Waals surface area contributed by atoms with Gasteiger partial charge in [0.25, 0.3) is 0 Å². The van der Waals surface area contributed by atoms with E-state index in [0.717, 1.165) is 5.56 Å². The van der Waals surface area contributed by atoms with Crippen LogP contribution in [0.1, 0.15) is 19.4 Å². The molecule has 0 aromatic heterocycles. The first-order valence-electron chi connectivity index (χ1n) is 6.34. The van der Waals surface area contributed by atoms with Crippen LogP contribution >= 0.6 is 12.4 Å². The SMILES string of the molecule is CN(C)C(=O)Nc1cccc(CNC(=O)C(C)(C)N)c1.Cl. The van der Waals surface area contributed by atoms with Crippen LogP contribution in [0.2, 0.25) is 0 Å². The number of nitrogens with zero attached hydrogens (tertiary/aromatic N) is 1. The van der Waals surface area contributed by atoms with E-state index in [0.29, 0.717) is 12.2 Å². The van der Waals surface area contributed by atoms with Gasteiger partial charge in [0.15, 0.2) is 0 Å². The molecule has 0 fully saturated rings. The summed E-state index contributed by atoms with van der Waals surface area (Å²) < 4.78 is 0. The Hall–Kier alpha value is -1.79. The molecular weight excluding hydrogens is 292 g/mol. The summed E-state index contributed by atoms with van der Waals surface area (Å²) in [5.74, 6) is -0.222. The molecule has 0 saturated carbocycles. The summed E-state index contributed by atoms with van der Waals surface area (Å²) in [4.78, 5) is 24.7. The lowest BCUT2D eigenvalue weighted by atomic mass is 10.1. The molecule has 0 atom stereocenters. The first kappa shape index (κ1) is 19.2. The minimum absolute atomic E-state index is 0. The Bertz CT molecular complexity index is 498. The van der Waals surface area contributed by atoms with E-state index in [4.69, 9.17) is 5.73 Å². The van der Waals surface area contributed by atoms with E-state index in [9.17, 15) is 9.59 Å². The van der Waals surface area contributed by atoms with Crippen LogP contribution in [0.4, 0.5) is 10.5 Å². The quantitative estimate of drug-likeness (QED) is 0.788. The normalized spacial score (nSPS) is 10.3. The van der Waals surface area contributed by atoms with Crippen LogP contribution in [0.25, 0.3) is 0 Å². The zero-order valence-corrected chi connectivity index (χ0v) is 13.6. The first-order chi connectivity index (χ1) is 9.20. The van der Waals surface area contributed by atoms with Crippen molar-refractivity contribution in [3.8, 4) is 0 Å². The molecule has 1 aromatic carbocycles. The van der Waals surface area contributed by atoms with Gasteiger partial charge in [-0.1, -0.05) is 12.1 Å². The third-order valence-corrected chi connectivity index (χ3v) is 2.62. The predicted molar refractivity (Wildman–Crippen MR) is 86.5 cm³/mol. The summed E-state index contributed by atoms with van der Waals surface area (Å²) in [6.07, 6.45) is 0. The van der Waals surface area contributed by atoms with Crippen molar-refractivity contribution in [2.75, 3.05) is 19.4 Å². The molecule has 1 aromatic rings. The van der Waals surface area contributed by atoms with Gasteiger partial charge in [0.2, 0.25) is 5.91 Å². The van der Waals surface area contributed by atoms with Gasteiger partial charge in [-0.05, 0) is 31.5 Å². The van der Waals surface area contributed by atoms with E-state index in [1.807, 2.05) is 18.2 Å². The average Bonchev–Trinajstić information content (AvgIpc) is 2.35. The molecule has 0 aliphatic rings. The molecule has 0 heterocycles. The van der Waals surface area contributed by atoms with E-state index in [1.165, 1.54) is 4.90 Å². The number of rotatable bonds is 4. The van der Waals surface area contributed by atoms with Crippen molar-refractivity contribution in [1.82, 2.24) is 10.2 Å². The molecule has 7 heteroatoms. The minimum atomic E-state index is -0.906. The highest BCUT2D eigenvalue weighted by atomic mass is 35.5. The summed E-state index contributed by atoms with van der Waals surface area (Å²) in [5, 5.41) is 5.50. The molecule has 1 rings (SSSR count). The van der Waals surface area contributed by atoms with E-state index >= 15 is 0 Å². The van der Waals surface area contributed by atoms with Gasteiger partial charge in [-0.2, -0.15) is 0 Å². The van der Waals surface area contributed by atoms with Crippen LogP contribution in [-0.2, 0) is 11.3 Å². The lowest BCUT2D eigenvalue weighted by molar-refractivity contribution is -0.125. The second kappa shape index (κ2) is 7.85. The Morgan fingerprint density at radius 1 is 1.29 bits per heavy atom. The van der Waals surface area contributed by atoms with Crippen LogP contribution in [0, 0.1) is 0 Å². The van der Waals surface area contributed by atoms with Crippen LogP contribution in [0.3, 0.4) is 0 Å². The zero-order valence-electron chi connectivity index (χ0n) is 12.8. The summed E-state index contributed by atoms with van der Waals surface area (Å²) in [5.41, 5.74) is 6.36. The van der Waals surface area contributed by atoms with Gasteiger partial charge in [-0.15, -0.1) is 12.4 Å². The number of hydrogen-bond donors (Lipinski definition) is 3. The largest absolute Gasteiger partial charge is 0.350 e. The maximum Gasteiger partial charge on any atom is 0.321 e. The highest BCUT2D eigenvalue weighted by molar-refractivity contribution is 5.89. The maximum absolute atomic E-state index is 11.7. The molecule has 6 nitrogen and oxygen atoms in total. The van der Waals surface area contributed by atoms with Crippen molar-refractivity contribution in [3.63, 3.8) is 0 Å². The smallest absolute Gasteiger partial charge is 0.321 e. The number of hydrogen-bond acceptors (Lipinski definition) is 3. The molecule has 0 saturated heterocycles. The van der Waals surface area contributed by atoms with E-state index in [2.05, 4.69) is 10.6 Å². The van der Waals surface area contributed by atoms with Gasteiger partial charge >= 0.3 is 6.03 Å². The highest BCUT2D eigenvalue weighted by Crippen LogP contribution is 2.11. The molecule has 21 heavy (non-hydrogen) atoms. The molecule has 0 aliphatic carbocycles. The number of nitrogens with one attached hydrogen (secondary N) is 2. The fourth-order valence-corrected chi connectivity index (χ4v) is 1.40. The van der Waals surface area contributed by atoms with Crippen LogP contribution in [0.5, 0.6) is 0 Å². The van der Waals surface area contributed by atoms with Crippen molar-refractivity contribution in [1.29, 1.82) is 0 Å². The summed E-state index contributed by atoms with van der Waals surface area (Å²) >= 11 is 0. The van der Waals surface area contributed by atoms with Crippen LogP contribution < -0.4 is 16.4 Å². The van der Waals surface area contributed by atoms with E-state index < -0.39 is 5.54 Å². The summed E-state index contributed by atoms with van der Waals surface area (Å²) in [6, 6.07) is 7.09. The third kappa shape index (κ3) is 6.46. The lowest BCUT2D eigenvalue weighted by Crippen LogP contribution is -2.48. The summed E-state index contributed by atoms with van der Waals surface area (Å²) in [6.45, 7) is 3.66. The van der Waals surface area contributed by atoms with Gasteiger partial charge in [0, 0.05) is 26.3 Å². The van der Waals surface area contributed by atoms with E-state index in [1.54, 1.807) is 34.0 Å². The van der Waals surface area contributed by atoms with Crippen molar-refractivity contribution < 1.29 is 9.59 Å². The average molecular weight is 315 g/mol. The molecule has 0 spiro atoms. The van der Waals surface area contributed by atoms with Crippen molar-refractivity contribution in [3.05, 3.63) is 29.8 Å². The standard InChI is InChI=1S/C14H22N4O2.ClH/c1-14(2,15)12(19)16-9-10-6-5-7-11(8-10)17-13(20)18(3)4;/h5-8H,9,15H2,1-4H3,(H,16,19)(H,17,20);1H. The van der Waals surface area contributed by atoms with Gasteiger partial charge in [-0.25, -0.2) is 4.79 Å². The Balaban J connectivity index is 0.00000400. The minimum Gasteiger partial charge on any atom is -0.350 e. The number of urea groups is 1. The van der Waals surface area contributed by atoms with Crippen LogP contribution in [0.15, 0.2) is 24.3 Å². The number of anilines is 1. The summed E-state index contributed by atoms with van der Waals surface area (Å²) in [7, 11) is 3.34. The molecular formula is C14H23ClN4O2. The third-order valence-electron chi connectivity index (χ3n) is 2.62. The molecule has 0 unspecified atom stereocenters.